The Bertz CT molecular complexity index is 793. The number of rotatable bonds is 4. The Balaban J connectivity index is 1.33. The van der Waals surface area contributed by atoms with Gasteiger partial charge in [-0.2, -0.15) is 5.10 Å². The molecule has 2 heterocycles. The molecule has 0 spiro atoms. The number of fused-ring (bicyclic) bond motifs is 1. The van der Waals surface area contributed by atoms with Gasteiger partial charge in [0.25, 0.3) is 0 Å². The first-order valence-corrected chi connectivity index (χ1v) is 9.94. The van der Waals surface area contributed by atoms with E-state index >= 15 is 0 Å². The summed E-state index contributed by atoms with van der Waals surface area (Å²) in [5.41, 5.74) is 3.81. The number of aromatic amines is 1. The summed E-state index contributed by atoms with van der Waals surface area (Å²) in [6.07, 6.45) is 3.34. The van der Waals surface area contributed by atoms with Gasteiger partial charge >= 0.3 is 0 Å². The molecular formula is C21H29N5O. The number of aromatic nitrogens is 2. The Kier molecular flexibility index (Phi) is 5.16. The van der Waals surface area contributed by atoms with Gasteiger partial charge in [-0.3, -0.25) is 14.8 Å². The highest BCUT2D eigenvalue weighted by Gasteiger charge is 2.28. The Morgan fingerprint density at radius 3 is 2.78 bits per heavy atom. The number of piperazine rings is 1. The standard InChI is InChI=1S/C21H29N5O/c1-16-14-20(23-22-16)26-12-10-25(11-13-26)15-21(27)24(2)19-9-5-7-17-6-3-4-8-18(17)19/h3-4,6,8,14,19H,5,7,9-13,15H2,1-2H3,(H,22,23). The van der Waals surface area contributed by atoms with Gasteiger partial charge < -0.3 is 9.80 Å². The van der Waals surface area contributed by atoms with Gasteiger partial charge in [0.15, 0.2) is 5.82 Å². The third kappa shape index (κ3) is 3.86. The molecule has 1 aromatic carbocycles. The number of likely N-dealkylation sites (N-methyl/N-ethyl adjacent to an activating group) is 1. The minimum atomic E-state index is 0.218. The van der Waals surface area contributed by atoms with Crippen molar-refractivity contribution in [3.63, 3.8) is 0 Å². The van der Waals surface area contributed by atoms with Gasteiger partial charge in [-0.1, -0.05) is 24.3 Å². The molecule has 0 saturated carbocycles. The maximum Gasteiger partial charge on any atom is 0.237 e. The molecule has 144 valence electrons. The second-order valence-electron chi connectivity index (χ2n) is 7.78. The highest BCUT2D eigenvalue weighted by atomic mass is 16.2. The number of benzene rings is 1. The average Bonchev–Trinajstić information content (AvgIpc) is 3.14. The van der Waals surface area contributed by atoms with E-state index < -0.39 is 0 Å². The van der Waals surface area contributed by atoms with E-state index in [1.807, 2.05) is 18.9 Å². The molecule has 2 aliphatic rings. The van der Waals surface area contributed by atoms with Crippen molar-refractivity contribution >= 4 is 11.7 Å². The fraction of sp³-hybridized carbons (Fsp3) is 0.524. The Morgan fingerprint density at radius 1 is 1.26 bits per heavy atom. The third-order valence-electron chi connectivity index (χ3n) is 5.95. The van der Waals surface area contributed by atoms with Crippen LogP contribution in [-0.2, 0) is 11.2 Å². The van der Waals surface area contributed by atoms with Crippen LogP contribution in [0.5, 0.6) is 0 Å². The van der Waals surface area contributed by atoms with Crippen LogP contribution in [0.25, 0.3) is 0 Å². The number of nitrogens with one attached hydrogen (secondary N) is 1. The number of hydrogen-bond donors (Lipinski definition) is 1. The molecule has 1 amide bonds. The summed E-state index contributed by atoms with van der Waals surface area (Å²) in [5.74, 6) is 1.23. The molecule has 27 heavy (non-hydrogen) atoms. The number of nitrogens with zero attached hydrogens (tertiary/aromatic N) is 4. The van der Waals surface area contributed by atoms with Gasteiger partial charge in [-0.25, -0.2) is 0 Å². The molecular weight excluding hydrogens is 338 g/mol. The molecule has 6 heteroatoms. The predicted molar refractivity (Wildman–Crippen MR) is 107 cm³/mol. The van der Waals surface area contributed by atoms with E-state index in [1.54, 1.807) is 0 Å². The molecule has 1 unspecified atom stereocenters. The van der Waals surface area contributed by atoms with E-state index in [0.29, 0.717) is 6.54 Å². The Labute approximate surface area is 161 Å². The molecule has 1 N–H and O–H groups in total. The number of anilines is 1. The molecule has 1 fully saturated rings. The number of aryl methyl sites for hydroxylation is 2. The first-order chi connectivity index (χ1) is 13.1. The van der Waals surface area contributed by atoms with Gasteiger partial charge in [0, 0.05) is 45.0 Å². The van der Waals surface area contributed by atoms with Crippen LogP contribution in [0, 0.1) is 6.92 Å². The molecule has 6 nitrogen and oxygen atoms in total. The summed E-state index contributed by atoms with van der Waals surface area (Å²) in [6, 6.07) is 10.9. The first-order valence-electron chi connectivity index (χ1n) is 9.94. The minimum Gasteiger partial charge on any atom is -0.353 e. The van der Waals surface area contributed by atoms with Crippen molar-refractivity contribution in [1.82, 2.24) is 20.0 Å². The summed E-state index contributed by atoms with van der Waals surface area (Å²) < 4.78 is 0. The second-order valence-corrected chi connectivity index (χ2v) is 7.78. The molecule has 1 aromatic heterocycles. The summed E-state index contributed by atoms with van der Waals surface area (Å²) in [6.45, 7) is 6.13. The van der Waals surface area contributed by atoms with Crippen LogP contribution in [0.1, 0.15) is 35.7 Å². The minimum absolute atomic E-state index is 0.218. The maximum atomic E-state index is 12.9. The van der Waals surface area contributed by atoms with Crippen LogP contribution in [0.2, 0.25) is 0 Å². The number of carbonyl (C=O) groups excluding carboxylic acids is 1. The van der Waals surface area contributed by atoms with Gasteiger partial charge in [-0.05, 0) is 37.3 Å². The Hall–Kier alpha value is -2.34. The van der Waals surface area contributed by atoms with Crippen molar-refractivity contribution in [2.45, 2.75) is 32.2 Å². The SMILES string of the molecule is Cc1cc(N2CCN(CC(=O)N(C)C3CCCc4ccccc43)CC2)n[nH]1. The highest BCUT2D eigenvalue weighted by Crippen LogP contribution is 2.33. The predicted octanol–water partition coefficient (Wildman–Crippen LogP) is 2.38. The van der Waals surface area contributed by atoms with Crippen molar-refractivity contribution in [2.24, 2.45) is 0 Å². The van der Waals surface area contributed by atoms with E-state index in [9.17, 15) is 4.79 Å². The third-order valence-corrected chi connectivity index (χ3v) is 5.95. The summed E-state index contributed by atoms with van der Waals surface area (Å²) in [7, 11) is 1.97. The smallest absolute Gasteiger partial charge is 0.237 e. The van der Waals surface area contributed by atoms with E-state index in [4.69, 9.17) is 0 Å². The van der Waals surface area contributed by atoms with E-state index in [0.717, 1.165) is 57.0 Å². The Morgan fingerprint density at radius 2 is 2.04 bits per heavy atom. The van der Waals surface area contributed by atoms with Gasteiger partial charge in [0.05, 0.1) is 12.6 Å². The van der Waals surface area contributed by atoms with Crippen molar-refractivity contribution in [2.75, 3.05) is 44.7 Å². The first kappa shape index (κ1) is 18.0. The van der Waals surface area contributed by atoms with Crippen molar-refractivity contribution < 1.29 is 4.79 Å². The summed E-state index contributed by atoms with van der Waals surface area (Å²) >= 11 is 0. The van der Waals surface area contributed by atoms with Crippen LogP contribution in [0.15, 0.2) is 30.3 Å². The fourth-order valence-corrected chi connectivity index (χ4v) is 4.31. The number of H-pyrrole nitrogens is 1. The molecule has 1 atom stereocenters. The van der Waals surface area contributed by atoms with Crippen LogP contribution in [-0.4, -0.2) is 65.7 Å². The van der Waals surface area contributed by atoms with Crippen molar-refractivity contribution in [3.8, 4) is 0 Å². The lowest BCUT2D eigenvalue weighted by atomic mass is 9.87. The lowest BCUT2D eigenvalue weighted by Gasteiger charge is -2.37. The highest BCUT2D eigenvalue weighted by molar-refractivity contribution is 5.78. The van der Waals surface area contributed by atoms with Gasteiger partial charge in [0.1, 0.15) is 0 Å². The monoisotopic (exact) mass is 367 g/mol. The molecule has 2 aromatic rings. The quantitative estimate of drug-likeness (QED) is 0.901. The molecule has 1 aliphatic heterocycles. The molecule has 1 aliphatic carbocycles. The lowest BCUT2D eigenvalue weighted by Crippen LogP contribution is -2.50. The van der Waals surface area contributed by atoms with E-state index in [1.165, 1.54) is 11.1 Å². The van der Waals surface area contributed by atoms with Gasteiger partial charge in [0.2, 0.25) is 5.91 Å². The van der Waals surface area contributed by atoms with E-state index in [-0.39, 0.29) is 11.9 Å². The zero-order valence-corrected chi connectivity index (χ0v) is 16.3. The maximum absolute atomic E-state index is 12.9. The van der Waals surface area contributed by atoms with E-state index in [2.05, 4.69) is 50.3 Å². The van der Waals surface area contributed by atoms with Crippen LogP contribution < -0.4 is 4.90 Å². The number of carbonyl (C=O) groups is 1. The normalized spacial score (nSPS) is 20.4. The number of hydrogen-bond acceptors (Lipinski definition) is 4. The summed E-state index contributed by atoms with van der Waals surface area (Å²) in [5, 5.41) is 7.35. The van der Waals surface area contributed by atoms with Crippen LogP contribution in [0.3, 0.4) is 0 Å². The molecule has 0 radical (unpaired) electrons. The molecule has 1 saturated heterocycles. The zero-order chi connectivity index (χ0) is 18.8. The van der Waals surface area contributed by atoms with Crippen molar-refractivity contribution in [1.29, 1.82) is 0 Å². The fourth-order valence-electron chi connectivity index (χ4n) is 4.31. The zero-order valence-electron chi connectivity index (χ0n) is 16.3. The van der Waals surface area contributed by atoms with Crippen LogP contribution in [0.4, 0.5) is 5.82 Å². The molecule has 0 bridgehead atoms. The second kappa shape index (κ2) is 7.72. The van der Waals surface area contributed by atoms with Crippen LogP contribution >= 0.6 is 0 Å². The van der Waals surface area contributed by atoms with Gasteiger partial charge in [-0.15, -0.1) is 0 Å². The summed E-state index contributed by atoms with van der Waals surface area (Å²) in [4.78, 5) is 19.5. The number of amides is 1. The van der Waals surface area contributed by atoms with Crippen molar-refractivity contribution in [3.05, 3.63) is 47.2 Å². The molecule has 4 rings (SSSR count). The topological polar surface area (TPSA) is 55.5 Å². The lowest BCUT2D eigenvalue weighted by molar-refractivity contribution is -0.133. The largest absolute Gasteiger partial charge is 0.353 e. The average molecular weight is 367 g/mol.